The number of piperazine rings is 1. The van der Waals surface area contributed by atoms with Gasteiger partial charge in [0, 0.05) is 32.2 Å². The fraction of sp³-hybridized carbons (Fsp3) is 0.353. The molecule has 2 heterocycles. The Morgan fingerprint density at radius 3 is 2.67 bits per heavy atom. The van der Waals surface area contributed by atoms with E-state index in [1.165, 1.54) is 12.4 Å². The van der Waals surface area contributed by atoms with E-state index in [2.05, 4.69) is 9.97 Å². The molecule has 1 aliphatic rings. The third kappa shape index (κ3) is 3.45. The van der Waals surface area contributed by atoms with E-state index in [1.807, 2.05) is 17.9 Å². The van der Waals surface area contributed by atoms with Gasteiger partial charge in [-0.25, -0.2) is 14.4 Å². The van der Waals surface area contributed by atoms with Crippen LogP contribution in [-0.4, -0.2) is 53.6 Å². The Bertz CT molecular complexity index is 717. The Morgan fingerprint density at radius 1 is 1.21 bits per heavy atom. The number of aromatic nitrogens is 2. The van der Waals surface area contributed by atoms with E-state index in [-0.39, 0.29) is 11.7 Å². The standard InChI is InChI=1S/C17H19FN4O2/c1-2-24-16-11-14(19-12-20-16)17(23)22-9-7-21(8-10-22)15-6-4-3-5-13(15)18/h3-6,11-12H,2,7-10H2,1H3. The lowest BCUT2D eigenvalue weighted by Gasteiger charge is -2.36. The van der Waals surface area contributed by atoms with E-state index in [0.29, 0.717) is 50.0 Å². The van der Waals surface area contributed by atoms with Crippen LogP contribution in [0.3, 0.4) is 0 Å². The molecule has 0 bridgehead atoms. The van der Waals surface area contributed by atoms with Crippen LogP contribution < -0.4 is 9.64 Å². The molecule has 0 radical (unpaired) electrons. The van der Waals surface area contributed by atoms with Crippen LogP contribution in [-0.2, 0) is 0 Å². The number of rotatable bonds is 4. The number of halogens is 1. The normalized spacial score (nSPS) is 14.6. The largest absolute Gasteiger partial charge is 0.478 e. The first-order chi connectivity index (χ1) is 11.7. The number of para-hydroxylation sites is 1. The van der Waals surface area contributed by atoms with Crippen LogP contribution in [0.4, 0.5) is 10.1 Å². The number of ether oxygens (including phenoxy) is 1. The number of hydrogen-bond acceptors (Lipinski definition) is 5. The third-order valence-corrected chi connectivity index (χ3v) is 3.91. The molecular weight excluding hydrogens is 311 g/mol. The molecule has 1 aromatic carbocycles. The van der Waals surface area contributed by atoms with Gasteiger partial charge in [0.15, 0.2) is 0 Å². The molecule has 1 fully saturated rings. The van der Waals surface area contributed by atoms with Gasteiger partial charge in [-0.1, -0.05) is 12.1 Å². The van der Waals surface area contributed by atoms with Gasteiger partial charge in [-0.2, -0.15) is 0 Å². The van der Waals surface area contributed by atoms with Crippen molar-refractivity contribution in [3.8, 4) is 5.88 Å². The Kier molecular flexibility index (Phi) is 4.88. The molecule has 0 atom stereocenters. The summed E-state index contributed by atoms with van der Waals surface area (Å²) >= 11 is 0. The maximum absolute atomic E-state index is 13.9. The first-order valence-electron chi connectivity index (χ1n) is 7.92. The molecule has 1 aliphatic heterocycles. The van der Waals surface area contributed by atoms with Gasteiger partial charge in [0.1, 0.15) is 17.8 Å². The van der Waals surface area contributed by atoms with E-state index in [9.17, 15) is 9.18 Å². The zero-order valence-electron chi connectivity index (χ0n) is 13.5. The smallest absolute Gasteiger partial charge is 0.272 e. The molecule has 24 heavy (non-hydrogen) atoms. The van der Waals surface area contributed by atoms with Crippen molar-refractivity contribution >= 4 is 11.6 Å². The first-order valence-corrected chi connectivity index (χ1v) is 7.92. The van der Waals surface area contributed by atoms with E-state index >= 15 is 0 Å². The predicted molar refractivity (Wildman–Crippen MR) is 87.7 cm³/mol. The summed E-state index contributed by atoms with van der Waals surface area (Å²) in [6.45, 7) is 4.52. The minimum atomic E-state index is -0.241. The molecular formula is C17H19FN4O2. The van der Waals surface area contributed by atoms with Crippen molar-refractivity contribution < 1.29 is 13.9 Å². The number of anilines is 1. The molecule has 126 valence electrons. The lowest BCUT2D eigenvalue weighted by Crippen LogP contribution is -2.49. The molecule has 0 N–H and O–H groups in total. The van der Waals surface area contributed by atoms with Crippen molar-refractivity contribution in [1.82, 2.24) is 14.9 Å². The Hall–Kier alpha value is -2.70. The summed E-state index contributed by atoms with van der Waals surface area (Å²) in [5.41, 5.74) is 0.887. The van der Waals surface area contributed by atoms with Gasteiger partial charge in [0.25, 0.3) is 5.91 Å². The lowest BCUT2D eigenvalue weighted by molar-refractivity contribution is 0.0740. The highest BCUT2D eigenvalue weighted by molar-refractivity contribution is 5.92. The van der Waals surface area contributed by atoms with Gasteiger partial charge >= 0.3 is 0 Å². The third-order valence-electron chi connectivity index (χ3n) is 3.91. The predicted octanol–water partition coefficient (Wildman–Crippen LogP) is 1.98. The highest BCUT2D eigenvalue weighted by Crippen LogP contribution is 2.20. The van der Waals surface area contributed by atoms with Crippen molar-refractivity contribution in [2.45, 2.75) is 6.92 Å². The van der Waals surface area contributed by atoms with Crippen LogP contribution in [0.15, 0.2) is 36.7 Å². The quantitative estimate of drug-likeness (QED) is 0.858. The minimum Gasteiger partial charge on any atom is -0.478 e. The number of benzene rings is 1. The zero-order valence-corrected chi connectivity index (χ0v) is 13.5. The summed E-state index contributed by atoms with van der Waals surface area (Å²) in [4.78, 5) is 24.2. The summed E-state index contributed by atoms with van der Waals surface area (Å²) in [5.74, 6) is -0.0122. The van der Waals surface area contributed by atoms with Gasteiger partial charge < -0.3 is 14.5 Å². The fourth-order valence-electron chi connectivity index (χ4n) is 2.70. The molecule has 0 aliphatic carbocycles. The number of carbonyl (C=O) groups is 1. The Labute approximate surface area is 139 Å². The van der Waals surface area contributed by atoms with Crippen LogP contribution in [0.1, 0.15) is 17.4 Å². The summed E-state index contributed by atoms with van der Waals surface area (Å²) < 4.78 is 19.2. The van der Waals surface area contributed by atoms with Gasteiger partial charge in [-0.05, 0) is 19.1 Å². The Morgan fingerprint density at radius 2 is 1.96 bits per heavy atom. The molecule has 7 heteroatoms. The molecule has 0 spiro atoms. The van der Waals surface area contributed by atoms with E-state index in [0.717, 1.165) is 0 Å². The molecule has 1 saturated heterocycles. The lowest BCUT2D eigenvalue weighted by atomic mass is 10.2. The van der Waals surface area contributed by atoms with Crippen LogP contribution in [0.25, 0.3) is 0 Å². The van der Waals surface area contributed by atoms with E-state index in [1.54, 1.807) is 23.1 Å². The van der Waals surface area contributed by atoms with Crippen molar-refractivity contribution in [3.05, 3.63) is 48.2 Å². The average molecular weight is 330 g/mol. The van der Waals surface area contributed by atoms with Crippen molar-refractivity contribution in [2.75, 3.05) is 37.7 Å². The molecule has 3 rings (SSSR count). The van der Waals surface area contributed by atoms with Crippen molar-refractivity contribution in [3.63, 3.8) is 0 Å². The maximum atomic E-state index is 13.9. The monoisotopic (exact) mass is 330 g/mol. The molecule has 0 unspecified atom stereocenters. The summed E-state index contributed by atoms with van der Waals surface area (Å²) in [7, 11) is 0. The highest BCUT2D eigenvalue weighted by atomic mass is 19.1. The summed E-state index contributed by atoms with van der Waals surface area (Å²) in [6, 6.07) is 8.24. The van der Waals surface area contributed by atoms with Crippen LogP contribution in [0, 0.1) is 5.82 Å². The number of carbonyl (C=O) groups excluding carboxylic acids is 1. The van der Waals surface area contributed by atoms with Crippen LogP contribution in [0.2, 0.25) is 0 Å². The SMILES string of the molecule is CCOc1cc(C(=O)N2CCN(c3ccccc3F)CC2)ncn1. The van der Waals surface area contributed by atoms with Crippen molar-refractivity contribution in [2.24, 2.45) is 0 Å². The average Bonchev–Trinajstić information content (AvgIpc) is 2.62. The fourth-order valence-corrected chi connectivity index (χ4v) is 2.70. The van der Waals surface area contributed by atoms with Gasteiger partial charge in [0.2, 0.25) is 5.88 Å². The number of hydrogen-bond donors (Lipinski definition) is 0. The van der Waals surface area contributed by atoms with Gasteiger partial charge in [-0.3, -0.25) is 4.79 Å². The molecule has 6 nitrogen and oxygen atoms in total. The first kappa shape index (κ1) is 16.2. The number of amides is 1. The Balaban J connectivity index is 1.65. The second kappa shape index (κ2) is 7.25. The van der Waals surface area contributed by atoms with Gasteiger partial charge in [-0.15, -0.1) is 0 Å². The second-order valence-electron chi connectivity index (χ2n) is 5.41. The number of nitrogens with zero attached hydrogens (tertiary/aromatic N) is 4. The van der Waals surface area contributed by atoms with Crippen LogP contribution >= 0.6 is 0 Å². The molecule has 1 aromatic heterocycles. The summed E-state index contributed by atoms with van der Waals surface area (Å²) in [5, 5.41) is 0. The van der Waals surface area contributed by atoms with E-state index < -0.39 is 0 Å². The van der Waals surface area contributed by atoms with E-state index in [4.69, 9.17) is 4.74 Å². The molecule has 2 aromatic rings. The maximum Gasteiger partial charge on any atom is 0.272 e. The van der Waals surface area contributed by atoms with Crippen molar-refractivity contribution in [1.29, 1.82) is 0 Å². The topological polar surface area (TPSA) is 58.6 Å². The molecule has 1 amide bonds. The highest BCUT2D eigenvalue weighted by Gasteiger charge is 2.24. The summed E-state index contributed by atoms with van der Waals surface area (Å²) in [6.07, 6.45) is 1.33. The van der Waals surface area contributed by atoms with Crippen LogP contribution in [0.5, 0.6) is 5.88 Å². The van der Waals surface area contributed by atoms with Gasteiger partial charge in [0.05, 0.1) is 12.3 Å². The molecule has 0 saturated carbocycles. The minimum absolute atomic E-state index is 0.161. The second-order valence-corrected chi connectivity index (χ2v) is 5.41. The zero-order chi connectivity index (χ0) is 16.9.